The Morgan fingerprint density at radius 3 is 1.33 bits per heavy atom. The number of rotatable bonds is 6. The second kappa shape index (κ2) is 8.27. The molecule has 0 heterocycles. The zero-order valence-corrected chi connectivity index (χ0v) is 14.9. The van der Waals surface area contributed by atoms with Crippen molar-refractivity contribution in [1.29, 1.82) is 0 Å². The molecule has 0 bridgehead atoms. The van der Waals surface area contributed by atoms with Gasteiger partial charge in [0.1, 0.15) is 0 Å². The summed E-state index contributed by atoms with van der Waals surface area (Å²) in [4.78, 5) is -0.260. The van der Waals surface area contributed by atoms with Crippen molar-refractivity contribution in [3.8, 4) is 0 Å². The van der Waals surface area contributed by atoms with Crippen molar-refractivity contribution in [2.45, 2.75) is 17.0 Å². The fourth-order valence-electron chi connectivity index (χ4n) is 2.64. The second-order valence-corrected chi connectivity index (χ2v) is 8.23. The summed E-state index contributed by atoms with van der Waals surface area (Å²) >= 11 is -0.0637. The van der Waals surface area contributed by atoms with Gasteiger partial charge in [-0.25, -0.2) is 0 Å². The fraction of sp³-hybridized carbons (Fsp3) is 0.143. The molecule has 2 N–H and O–H groups in total. The molecule has 0 aliphatic heterocycles. The Morgan fingerprint density at radius 2 is 0.917 bits per heavy atom. The first-order valence-corrected chi connectivity index (χ1v) is 9.78. The Labute approximate surface area is 149 Å². The van der Waals surface area contributed by atoms with Crippen molar-refractivity contribution in [2.75, 3.05) is 0 Å². The van der Waals surface area contributed by atoms with E-state index in [2.05, 4.69) is 12.1 Å². The standard InChI is InChI=1S/C21H20O2Se/c22-19(16-10-4-1-5-11-16)21(24-18-14-8-3-9-15-18)20(23)17-12-6-2-7-13-17/h1-15,19-23H/t19-,20+,21?. The van der Waals surface area contributed by atoms with Crippen LogP contribution in [0.2, 0.25) is 4.82 Å². The van der Waals surface area contributed by atoms with Gasteiger partial charge in [-0.15, -0.1) is 0 Å². The van der Waals surface area contributed by atoms with E-state index in [1.54, 1.807) is 0 Å². The zero-order valence-electron chi connectivity index (χ0n) is 13.2. The Hall–Kier alpha value is -1.90. The molecule has 0 radical (unpaired) electrons. The number of aliphatic hydroxyl groups is 2. The van der Waals surface area contributed by atoms with Gasteiger partial charge in [0.25, 0.3) is 0 Å². The van der Waals surface area contributed by atoms with Crippen LogP contribution in [-0.4, -0.2) is 25.2 Å². The molecule has 3 heteroatoms. The Kier molecular flexibility index (Phi) is 5.84. The van der Waals surface area contributed by atoms with Crippen molar-refractivity contribution in [2.24, 2.45) is 0 Å². The predicted molar refractivity (Wildman–Crippen MR) is 98.4 cm³/mol. The minimum absolute atomic E-state index is 0.0637. The average molecular weight is 383 g/mol. The molecule has 3 aromatic rings. The van der Waals surface area contributed by atoms with Gasteiger partial charge in [0.2, 0.25) is 0 Å². The molecule has 3 aromatic carbocycles. The van der Waals surface area contributed by atoms with Crippen molar-refractivity contribution >= 4 is 19.4 Å². The molecule has 0 amide bonds. The van der Waals surface area contributed by atoms with Crippen molar-refractivity contribution in [3.63, 3.8) is 0 Å². The van der Waals surface area contributed by atoms with E-state index in [1.807, 2.05) is 78.9 Å². The number of aliphatic hydroxyl groups excluding tert-OH is 2. The van der Waals surface area contributed by atoms with E-state index < -0.39 is 12.2 Å². The van der Waals surface area contributed by atoms with Crippen LogP contribution in [0.3, 0.4) is 0 Å². The SMILES string of the molecule is O[C@H](c1ccccc1)C([Se]c1ccccc1)[C@@H](O)c1ccccc1. The molecule has 3 rings (SSSR count). The van der Waals surface area contributed by atoms with Crippen LogP contribution in [0.5, 0.6) is 0 Å². The molecule has 0 fully saturated rings. The zero-order chi connectivity index (χ0) is 16.8. The first-order chi connectivity index (χ1) is 11.8. The van der Waals surface area contributed by atoms with Gasteiger partial charge >= 0.3 is 149 Å². The maximum absolute atomic E-state index is 10.9. The topological polar surface area (TPSA) is 40.5 Å². The van der Waals surface area contributed by atoms with Crippen LogP contribution in [0.4, 0.5) is 0 Å². The van der Waals surface area contributed by atoms with E-state index in [1.165, 1.54) is 4.46 Å². The number of hydrogen-bond acceptors (Lipinski definition) is 2. The van der Waals surface area contributed by atoms with Gasteiger partial charge in [0.05, 0.1) is 0 Å². The third-order valence-electron chi connectivity index (χ3n) is 3.92. The first-order valence-electron chi connectivity index (χ1n) is 7.93. The van der Waals surface area contributed by atoms with Gasteiger partial charge in [-0.05, 0) is 0 Å². The fourth-order valence-corrected chi connectivity index (χ4v) is 5.16. The quantitative estimate of drug-likeness (QED) is 0.642. The molecule has 0 aliphatic rings. The summed E-state index contributed by atoms with van der Waals surface area (Å²) in [6, 6.07) is 29.3. The van der Waals surface area contributed by atoms with Gasteiger partial charge in [-0.2, -0.15) is 0 Å². The van der Waals surface area contributed by atoms with Gasteiger partial charge in [-0.3, -0.25) is 0 Å². The summed E-state index contributed by atoms with van der Waals surface area (Å²) in [7, 11) is 0. The molecule has 0 aromatic heterocycles. The van der Waals surface area contributed by atoms with E-state index in [0.29, 0.717) is 0 Å². The second-order valence-electron chi connectivity index (χ2n) is 5.61. The van der Waals surface area contributed by atoms with E-state index in [-0.39, 0.29) is 19.8 Å². The Morgan fingerprint density at radius 1 is 0.542 bits per heavy atom. The normalized spacial score (nSPS) is 14.8. The Bertz CT molecular complexity index is 686. The molecule has 0 saturated heterocycles. The minimum atomic E-state index is -0.707. The summed E-state index contributed by atoms with van der Waals surface area (Å²) in [6.07, 6.45) is -1.41. The summed E-state index contributed by atoms with van der Waals surface area (Å²) in [5, 5.41) is 21.9. The molecule has 3 atom stereocenters. The summed E-state index contributed by atoms with van der Waals surface area (Å²) in [5.41, 5.74) is 1.69. The number of hydrogen-bond donors (Lipinski definition) is 2. The molecule has 2 nitrogen and oxygen atoms in total. The van der Waals surface area contributed by atoms with E-state index >= 15 is 0 Å². The third-order valence-corrected chi connectivity index (χ3v) is 6.71. The molecular formula is C21H20O2Se. The van der Waals surface area contributed by atoms with E-state index in [4.69, 9.17) is 0 Å². The van der Waals surface area contributed by atoms with Crippen molar-refractivity contribution < 1.29 is 10.2 Å². The van der Waals surface area contributed by atoms with Gasteiger partial charge in [0, 0.05) is 0 Å². The molecular weight excluding hydrogens is 363 g/mol. The molecule has 0 spiro atoms. The van der Waals surface area contributed by atoms with E-state index in [0.717, 1.165) is 11.1 Å². The van der Waals surface area contributed by atoms with Crippen LogP contribution < -0.4 is 4.46 Å². The van der Waals surface area contributed by atoms with Crippen LogP contribution in [0.1, 0.15) is 23.3 Å². The van der Waals surface area contributed by atoms with Crippen LogP contribution >= 0.6 is 0 Å². The Balaban J connectivity index is 1.91. The molecule has 0 aliphatic carbocycles. The van der Waals surface area contributed by atoms with Gasteiger partial charge in [0.15, 0.2) is 0 Å². The van der Waals surface area contributed by atoms with Crippen LogP contribution in [-0.2, 0) is 0 Å². The average Bonchev–Trinajstić information content (AvgIpc) is 2.67. The maximum atomic E-state index is 10.9. The summed E-state index contributed by atoms with van der Waals surface area (Å²) < 4.78 is 1.17. The number of benzene rings is 3. The first kappa shape index (κ1) is 16.9. The van der Waals surface area contributed by atoms with Crippen LogP contribution in [0.15, 0.2) is 91.0 Å². The molecule has 1 unspecified atom stereocenters. The molecule has 0 saturated carbocycles. The molecule has 122 valence electrons. The molecule has 24 heavy (non-hydrogen) atoms. The summed E-state index contributed by atoms with van der Waals surface area (Å²) in [5.74, 6) is 0. The predicted octanol–water partition coefficient (Wildman–Crippen LogP) is 3.27. The monoisotopic (exact) mass is 384 g/mol. The van der Waals surface area contributed by atoms with Crippen LogP contribution in [0.25, 0.3) is 0 Å². The summed E-state index contributed by atoms with van der Waals surface area (Å²) in [6.45, 7) is 0. The van der Waals surface area contributed by atoms with Gasteiger partial charge < -0.3 is 0 Å². The van der Waals surface area contributed by atoms with Gasteiger partial charge in [-0.1, -0.05) is 0 Å². The van der Waals surface area contributed by atoms with E-state index in [9.17, 15) is 10.2 Å². The van der Waals surface area contributed by atoms with Crippen LogP contribution in [0, 0.1) is 0 Å². The van der Waals surface area contributed by atoms with Crippen molar-refractivity contribution in [3.05, 3.63) is 102 Å². The third kappa shape index (κ3) is 4.14. The van der Waals surface area contributed by atoms with Crippen molar-refractivity contribution in [1.82, 2.24) is 0 Å².